The predicted molar refractivity (Wildman–Crippen MR) is 89.8 cm³/mol. The second kappa shape index (κ2) is 8.63. The first-order chi connectivity index (χ1) is 11.2. The number of hydrogen-bond acceptors (Lipinski definition) is 3. The van der Waals surface area contributed by atoms with Crippen LogP contribution in [0.25, 0.3) is 0 Å². The molecule has 0 fully saturated rings. The Hall–Kier alpha value is -2.15. The smallest absolute Gasteiger partial charge is 0.404 e. The molecule has 1 aromatic rings. The van der Waals surface area contributed by atoms with E-state index in [4.69, 9.17) is 17.3 Å². The summed E-state index contributed by atoms with van der Waals surface area (Å²) in [5, 5.41) is 4.44. The lowest BCUT2D eigenvalue weighted by Crippen LogP contribution is -2.23. The van der Waals surface area contributed by atoms with Gasteiger partial charge in [0.2, 0.25) is 0 Å². The van der Waals surface area contributed by atoms with Crippen LogP contribution >= 0.6 is 11.6 Å². The Morgan fingerprint density at radius 3 is 2.50 bits per heavy atom. The topological polar surface area (TPSA) is 67.2 Å². The first-order valence-electron chi connectivity index (χ1n) is 7.18. The molecular formula is C16H19ClF3N3O. The number of nitrogens with two attached hydrogens (primary N) is 1. The summed E-state index contributed by atoms with van der Waals surface area (Å²) in [7, 11) is 1.43. The number of nitrogens with one attached hydrogen (secondary N) is 2. The number of allylic oxidation sites excluding steroid dienone is 2. The molecule has 0 aliphatic rings. The standard InChI is InChI=1S/C16H19ClF3N3O/c1-3-10(17)8-14(12(9-21)16(18,19)20)23-13-7-5-4-6-11(13)15(24)22-2/h4-10,23H,3,21H2,1-2H3,(H,22,24)/b12-9+,14-8+. The number of rotatable bonds is 6. The van der Waals surface area contributed by atoms with Gasteiger partial charge in [-0.05, 0) is 24.6 Å². The highest BCUT2D eigenvalue weighted by molar-refractivity contribution is 6.21. The van der Waals surface area contributed by atoms with E-state index < -0.39 is 23.0 Å². The van der Waals surface area contributed by atoms with Crippen molar-refractivity contribution in [3.05, 3.63) is 53.4 Å². The number of alkyl halides is 4. The molecule has 1 rings (SSSR count). The molecule has 0 radical (unpaired) electrons. The second-order valence-corrected chi connectivity index (χ2v) is 5.39. The van der Waals surface area contributed by atoms with Gasteiger partial charge in [-0.25, -0.2) is 0 Å². The van der Waals surface area contributed by atoms with Crippen molar-refractivity contribution in [2.45, 2.75) is 24.9 Å². The highest BCUT2D eigenvalue weighted by Gasteiger charge is 2.36. The van der Waals surface area contributed by atoms with Gasteiger partial charge in [-0.1, -0.05) is 19.1 Å². The molecule has 1 unspecified atom stereocenters. The number of carbonyl (C=O) groups is 1. The Morgan fingerprint density at radius 2 is 2.00 bits per heavy atom. The normalized spacial score (nSPS) is 14.2. The van der Waals surface area contributed by atoms with Crippen LogP contribution in [-0.4, -0.2) is 24.5 Å². The number of anilines is 1. The van der Waals surface area contributed by atoms with Gasteiger partial charge in [0.15, 0.2) is 0 Å². The van der Waals surface area contributed by atoms with E-state index in [1.165, 1.54) is 25.3 Å². The maximum Gasteiger partial charge on any atom is 0.419 e. The van der Waals surface area contributed by atoms with Crippen molar-refractivity contribution in [2.75, 3.05) is 12.4 Å². The van der Waals surface area contributed by atoms with Crippen LogP contribution in [0.15, 0.2) is 47.8 Å². The summed E-state index contributed by atoms with van der Waals surface area (Å²) >= 11 is 5.98. The first-order valence-corrected chi connectivity index (χ1v) is 7.61. The maximum absolute atomic E-state index is 13.2. The third-order valence-corrected chi connectivity index (χ3v) is 3.60. The highest BCUT2D eigenvalue weighted by atomic mass is 35.5. The molecule has 0 saturated carbocycles. The van der Waals surface area contributed by atoms with Gasteiger partial charge in [0.1, 0.15) is 0 Å². The molecule has 1 amide bonds. The summed E-state index contributed by atoms with van der Waals surface area (Å²) in [4.78, 5) is 11.9. The Morgan fingerprint density at radius 1 is 1.38 bits per heavy atom. The van der Waals surface area contributed by atoms with Crippen LogP contribution < -0.4 is 16.4 Å². The number of amides is 1. The van der Waals surface area contributed by atoms with Crippen molar-refractivity contribution in [3.63, 3.8) is 0 Å². The third-order valence-electron chi connectivity index (χ3n) is 3.17. The average Bonchev–Trinajstić information content (AvgIpc) is 2.53. The first kappa shape index (κ1) is 19.9. The zero-order valence-electron chi connectivity index (χ0n) is 13.2. The van der Waals surface area contributed by atoms with Crippen LogP contribution in [0.1, 0.15) is 23.7 Å². The van der Waals surface area contributed by atoms with Crippen LogP contribution in [0.4, 0.5) is 18.9 Å². The van der Waals surface area contributed by atoms with Crippen LogP contribution in [0.5, 0.6) is 0 Å². The molecule has 0 saturated heterocycles. The van der Waals surface area contributed by atoms with Crippen molar-refractivity contribution in [3.8, 4) is 0 Å². The van der Waals surface area contributed by atoms with Crippen LogP contribution in [0.2, 0.25) is 0 Å². The fraction of sp³-hybridized carbons (Fsp3) is 0.312. The third kappa shape index (κ3) is 5.19. The van der Waals surface area contributed by atoms with Crippen LogP contribution in [0, 0.1) is 0 Å². The summed E-state index contributed by atoms with van der Waals surface area (Å²) in [6.45, 7) is 1.74. The summed E-state index contributed by atoms with van der Waals surface area (Å²) in [5.74, 6) is -0.430. The molecule has 4 nitrogen and oxygen atoms in total. The number of halogens is 4. The minimum absolute atomic E-state index is 0.201. The van der Waals surface area contributed by atoms with E-state index >= 15 is 0 Å². The minimum Gasteiger partial charge on any atom is -0.404 e. The lowest BCUT2D eigenvalue weighted by Gasteiger charge is -2.19. The second-order valence-electron chi connectivity index (χ2n) is 4.83. The number of hydrogen-bond donors (Lipinski definition) is 3. The lowest BCUT2D eigenvalue weighted by molar-refractivity contribution is -0.0894. The molecule has 0 spiro atoms. The highest BCUT2D eigenvalue weighted by Crippen LogP contribution is 2.32. The summed E-state index contributed by atoms with van der Waals surface area (Å²) in [5.41, 5.74) is 4.22. The van der Waals surface area contributed by atoms with E-state index in [1.54, 1.807) is 19.1 Å². The zero-order chi connectivity index (χ0) is 18.3. The molecular weight excluding hydrogens is 343 g/mol. The Bertz CT molecular complexity index is 642. The summed E-state index contributed by atoms with van der Waals surface area (Å²) < 4.78 is 39.6. The van der Waals surface area contributed by atoms with E-state index in [9.17, 15) is 18.0 Å². The molecule has 1 aromatic carbocycles. The predicted octanol–water partition coefficient (Wildman–Crippen LogP) is 3.76. The monoisotopic (exact) mass is 361 g/mol. The van der Waals surface area contributed by atoms with Gasteiger partial charge >= 0.3 is 6.18 Å². The molecule has 0 aromatic heterocycles. The van der Waals surface area contributed by atoms with Crippen LogP contribution in [-0.2, 0) is 0 Å². The van der Waals surface area contributed by atoms with E-state index in [1.807, 2.05) is 0 Å². The van der Waals surface area contributed by atoms with Gasteiger partial charge in [0.05, 0.1) is 22.2 Å². The lowest BCUT2D eigenvalue weighted by atomic mass is 10.1. The molecule has 0 aliphatic heterocycles. The van der Waals surface area contributed by atoms with Crippen molar-refractivity contribution in [1.82, 2.24) is 5.32 Å². The van der Waals surface area contributed by atoms with Gasteiger partial charge < -0.3 is 16.4 Å². The van der Waals surface area contributed by atoms with E-state index in [0.29, 0.717) is 12.6 Å². The number of para-hydroxylation sites is 1. The van der Waals surface area contributed by atoms with Gasteiger partial charge in [-0.3, -0.25) is 4.79 Å². The molecule has 1 atom stereocenters. The molecule has 0 aliphatic carbocycles. The van der Waals surface area contributed by atoms with Gasteiger partial charge in [-0.15, -0.1) is 11.6 Å². The van der Waals surface area contributed by atoms with Gasteiger partial charge in [0.25, 0.3) is 5.91 Å². The minimum atomic E-state index is -4.67. The molecule has 24 heavy (non-hydrogen) atoms. The fourth-order valence-electron chi connectivity index (χ4n) is 1.90. The SMILES string of the molecule is CCC(Cl)/C=C(Nc1ccccc1C(=O)NC)\C(=C/N)C(F)(F)F. The number of carbonyl (C=O) groups excluding carboxylic acids is 1. The Labute approximate surface area is 143 Å². The van der Waals surface area contributed by atoms with Crippen molar-refractivity contribution in [2.24, 2.45) is 5.73 Å². The van der Waals surface area contributed by atoms with Gasteiger partial charge in [0, 0.05) is 18.9 Å². The Kier molecular flexibility index (Phi) is 7.16. The quantitative estimate of drug-likeness (QED) is 0.534. The van der Waals surface area contributed by atoms with Crippen molar-refractivity contribution in [1.29, 1.82) is 0 Å². The molecule has 4 N–H and O–H groups in total. The van der Waals surface area contributed by atoms with E-state index in [2.05, 4.69) is 10.6 Å². The van der Waals surface area contributed by atoms with Crippen molar-refractivity contribution >= 4 is 23.2 Å². The molecule has 0 bridgehead atoms. The van der Waals surface area contributed by atoms with Crippen molar-refractivity contribution < 1.29 is 18.0 Å². The summed E-state index contributed by atoms with van der Waals surface area (Å²) in [6, 6.07) is 6.21. The van der Waals surface area contributed by atoms with Crippen LogP contribution in [0.3, 0.4) is 0 Å². The average molecular weight is 362 g/mol. The fourth-order valence-corrected chi connectivity index (χ4v) is 2.03. The maximum atomic E-state index is 13.2. The molecule has 0 heterocycles. The molecule has 132 valence electrons. The van der Waals surface area contributed by atoms with E-state index in [-0.39, 0.29) is 16.9 Å². The zero-order valence-corrected chi connectivity index (χ0v) is 14.0. The number of benzene rings is 1. The largest absolute Gasteiger partial charge is 0.419 e. The molecule has 8 heteroatoms. The summed E-state index contributed by atoms with van der Waals surface area (Å²) in [6.07, 6.45) is -2.53. The Balaban J connectivity index is 3.35. The van der Waals surface area contributed by atoms with Gasteiger partial charge in [-0.2, -0.15) is 13.2 Å². The van der Waals surface area contributed by atoms with E-state index in [0.717, 1.165) is 0 Å².